The Labute approximate surface area is 779 Å². The molecule has 13 heterocycles. The van der Waals surface area contributed by atoms with E-state index in [0.29, 0.717) is 35.2 Å². The first-order chi connectivity index (χ1) is 67.0. The Bertz CT molecular complexity index is 9010. The lowest BCUT2D eigenvalue weighted by Gasteiger charge is -2.33. The Balaban J connectivity index is 0.000000101. The molecule has 0 saturated heterocycles. The number of hydrogen-bond donors (Lipinski definition) is 0. The van der Waals surface area contributed by atoms with Gasteiger partial charge in [0.2, 0.25) is 11.9 Å². The van der Waals surface area contributed by atoms with Crippen LogP contribution in [0.15, 0.2) is 430 Å². The fraction of sp³-hybridized carbons (Fsp3) is 0. The molecule has 10 aromatic heterocycles. The zero-order chi connectivity index (χ0) is 88.5. The fourth-order valence-corrected chi connectivity index (χ4v) is 23.2. The van der Waals surface area contributed by atoms with Gasteiger partial charge in [-0.25, -0.2) is 9.97 Å². The van der Waals surface area contributed by atoms with Gasteiger partial charge >= 0.3 is 0 Å². The predicted molar refractivity (Wildman–Crippen MR) is 555 cm³/mol. The SMILES string of the molecule is c1ccc(-c2nc(-c3ccccc3)nc(N3c4ccccc4-n4c5ccc6oc7ccccc7c6c5c5cccc3c54)n2)cc1.c1ccc(-c2nc(-c3ccccc3)nc(N3c4ccccc4-n4c5ccc6sc7ccccc7c6c5c5cccc3c54)n2)cc1.c1cncc(-c2cc(-c3cccnc3)cc(N3c4ccccc4-n4c5c3cccc5c3ccc5c6ccccc6sc5c34)c2)c1. The predicted octanol–water partition coefficient (Wildman–Crippen LogP) is 31.5. The average Bonchev–Trinajstić information content (AvgIpc) is 1.55. The summed E-state index contributed by atoms with van der Waals surface area (Å²) in [6.45, 7) is 0. The van der Waals surface area contributed by atoms with E-state index >= 15 is 0 Å². The standard InChI is InChI=1S/C40H24N4S.C39H23N5O.C39H23N5S/c1-4-15-37-30(10-1)33-17-16-32-31-11-5-14-36-38(31)44(39(32)40(33)45-37)35-13-3-2-12-34(35)43(36)29-21-27(25-8-6-18-41-23-25)20-28(22-29)26-9-7-19-42-24-26;2*1-3-12-24(13-4-1)37-40-38(25-14-5-2-6-15-25)42-39(41-37)44-29-19-9-8-18-28(29)43-30-22-23-33-35(26-16-7-10-21-32(26)45-33)34(30)27-17-11-20-31(44)36(27)43/h1-24H;2*1-23H. The molecule has 17 aromatic carbocycles. The number of furan rings is 1. The second-order valence-corrected chi connectivity index (χ2v) is 36.2. The number of anilines is 9. The summed E-state index contributed by atoms with van der Waals surface area (Å²) >= 11 is 3.75. The highest BCUT2D eigenvalue weighted by Crippen LogP contribution is 2.57. The Morgan fingerprint density at radius 2 is 0.607 bits per heavy atom. The van der Waals surface area contributed by atoms with Crippen LogP contribution in [0.5, 0.6) is 0 Å². The van der Waals surface area contributed by atoms with Gasteiger partial charge in [0.05, 0.1) is 89.0 Å². The number of nitrogens with zero attached hydrogens (tertiary/aromatic N) is 14. The van der Waals surface area contributed by atoms with Crippen LogP contribution in [0.25, 0.3) is 213 Å². The van der Waals surface area contributed by atoms with Crippen molar-refractivity contribution < 1.29 is 4.42 Å². The molecule has 27 aromatic rings. The smallest absolute Gasteiger partial charge is 0.238 e. The number of aromatic nitrogens is 11. The molecule has 0 aliphatic carbocycles. The molecular formula is C118H70N14OS2. The number of fused-ring (bicyclic) bond motifs is 27. The molecule has 30 rings (SSSR count). The van der Waals surface area contributed by atoms with Crippen LogP contribution in [0.2, 0.25) is 0 Å². The maximum absolute atomic E-state index is 6.32. The number of benzene rings is 17. The fourth-order valence-electron chi connectivity index (χ4n) is 20.9. The molecule has 0 unspecified atom stereocenters. The van der Waals surface area contributed by atoms with E-state index in [1.807, 2.05) is 193 Å². The van der Waals surface area contributed by atoms with Gasteiger partial charge in [-0.05, 0) is 139 Å². The van der Waals surface area contributed by atoms with Gasteiger partial charge in [0.1, 0.15) is 11.2 Å². The Kier molecular flexibility index (Phi) is 17.1. The van der Waals surface area contributed by atoms with Gasteiger partial charge in [-0.1, -0.05) is 273 Å². The molecule has 3 aliphatic rings. The molecule has 0 spiro atoms. The molecule has 0 fully saturated rings. The largest absolute Gasteiger partial charge is 0.456 e. The third kappa shape index (κ3) is 11.9. The number of hydrogen-bond acceptors (Lipinski definition) is 14. The van der Waals surface area contributed by atoms with Crippen molar-refractivity contribution in [3.8, 4) is 84.9 Å². The van der Waals surface area contributed by atoms with Crippen LogP contribution in [0, 0.1) is 0 Å². The highest BCUT2D eigenvalue weighted by molar-refractivity contribution is 7.27. The number of pyridine rings is 2. The summed E-state index contributed by atoms with van der Waals surface area (Å²) < 4.78 is 18.9. The van der Waals surface area contributed by atoms with Gasteiger partial charge in [-0.15, -0.1) is 22.7 Å². The van der Waals surface area contributed by atoms with Gasteiger partial charge in [0.25, 0.3) is 0 Å². The molecule has 630 valence electrons. The second kappa shape index (κ2) is 30.4. The summed E-state index contributed by atoms with van der Waals surface area (Å²) in [6.07, 6.45) is 7.52. The zero-order valence-electron chi connectivity index (χ0n) is 71.9. The summed E-state index contributed by atoms with van der Waals surface area (Å²) in [6, 6.07) is 140. The Hall–Kier alpha value is -17.9. The van der Waals surface area contributed by atoms with Crippen LogP contribution in [-0.4, -0.2) is 53.6 Å². The highest BCUT2D eigenvalue weighted by Gasteiger charge is 2.36. The minimum atomic E-state index is 0.568. The maximum atomic E-state index is 6.32. The first-order valence-electron chi connectivity index (χ1n) is 45.0. The van der Waals surface area contributed by atoms with E-state index in [-0.39, 0.29) is 0 Å². The first-order valence-corrected chi connectivity index (χ1v) is 46.6. The van der Waals surface area contributed by atoms with Crippen LogP contribution in [0.1, 0.15) is 0 Å². The summed E-state index contributed by atoms with van der Waals surface area (Å²) in [7, 11) is 0. The lowest BCUT2D eigenvalue weighted by Crippen LogP contribution is -2.21. The van der Waals surface area contributed by atoms with Crippen LogP contribution in [0.3, 0.4) is 0 Å². The molecule has 3 aliphatic heterocycles. The molecule has 135 heavy (non-hydrogen) atoms. The van der Waals surface area contributed by atoms with Crippen molar-refractivity contribution in [2.75, 3.05) is 14.7 Å². The van der Waals surface area contributed by atoms with Crippen molar-refractivity contribution in [3.05, 3.63) is 425 Å². The summed E-state index contributed by atoms with van der Waals surface area (Å²) in [5.74, 6) is 3.69. The van der Waals surface area contributed by atoms with E-state index in [9.17, 15) is 0 Å². The number of thiophene rings is 2. The normalized spacial score (nSPS) is 12.4. The lowest BCUT2D eigenvalue weighted by atomic mass is 9.98. The Morgan fingerprint density at radius 1 is 0.215 bits per heavy atom. The van der Waals surface area contributed by atoms with Crippen LogP contribution in [0.4, 0.5) is 51.7 Å². The summed E-state index contributed by atoms with van der Waals surface area (Å²) in [5, 5.41) is 14.9. The van der Waals surface area contributed by atoms with Crippen molar-refractivity contribution in [3.63, 3.8) is 0 Å². The first kappa shape index (κ1) is 76.0. The monoisotopic (exact) mass is 1760 g/mol. The van der Waals surface area contributed by atoms with Gasteiger partial charge in [-0.2, -0.15) is 19.9 Å². The minimum absolute atomic E-state index is 0.568. The van der Waals surface area contributed by atoms with Crippen LogP contribution < -0.4 is 14.7 Å². The van der Waals surface area contributed by atoms with Crippen molar-refractivity contribution in [2.45, 2.75) is 0 Å². The molecule has 0 radical (unpaired) electrons. The van der Waals surface area contributed by atoms with Crippen molar-refractivity contribution in [2.24, 2.45) is 0 Å². The molecule has 17 heteroatoms. The van der Waals surface area contributed by atoms with E-state index in [2.05, 4.69) is 293 Å². The molecule has 0 bridgehead atoms. The molecule has 0 saturated carbocycles. The van der Waals surface area contributed by atoms with Crippen LogP contribution >= 0.6 is 22.7 Å². The van der Waals surface area contributed by atoms with Crippen molar-refractivity contribution in [1.29, 1.82) is 0 Å². The van der Waals surface area contributed by atoms with E-state index < -0.39 is 0 Å². The van der Waals surface area contributed by atoms with Gasteiger partial charge in [-0.3, -0.25) is 19.8 Å². The van der Waals surface area contributed by atoms with Gasteiger partial charge in [0, 0.05) is 143 Å². The third-order valence-electron chi connectivity index (χ3n) is 26.6. The van der Waals surface area contributed by atoms with E-state index in [1.165, 1.54) is 89.5 Å². The van der Waals surface area contributed by atoms with Crippen LogP contribution in [-0.2, 0) is 0 Å². The highest BCUT2D eigenvalue weighted by atomic mass is 32.1. The van der Waals surface area contributed by atoms with E-state index in [1.54, 1.807) is 0 Å². The average molecular weight is 1760 g/mol. The Morgan fingerprint density at radius 3 is 1.13 bits per heavy atom. The van der Waals surface area contributed by atoms with Gasteiger partial charge in [0.15, 0.2) is 23.3 Å². The second-order valence-electron chi connectivity index (χ2n) is 34.1. The molecular weight excluding hydrogens is 1690 g/mol. The number of para-hydroxylation sites is 10. The van der Waals surface area contributed by atoms with Crippen molar-refractivity contribution >= 4 is 202 Å². The number of rotatable bonds is 9. The summed E-state index contributed by atoms with van der Waals surface area (Å²) in [5.41, 5.74) is 27.8. The minimum Gasteiger partial charge on any atom is -0.456 e. The van der Waals surface area contributed by atoms with E-state index in [4.69, 9.17) is 34.3 Å². The molecule has 0 amide bonds. The quantitative estimate of drug-likeness (QED) is 0.136. The lowest BCUT2D eigenvalue weighted by molar-refractivity contribution is 0.669. The summed E-state index contributed by atoms with van der Waals surface area (Å²) in [4.78, 5) is 46.1. The molecule has 0 atom stereocenters. The molecule has 0 N–H and O–H groups in total. The van der Waals surface area contributed by atoms with E-state index in [0.717, 1.165) is 140 Å². The third-order valence-corrected chi connectivity index (χ3v) is 28.9. The van der Waals surface area contributed by atoms with Gasteiger partial charge < -0.3 is 23.0 Å². The topological polar surface area (TPSA) is 141 Å². The zero-order valence-corrected chi connectivity index (χ0v) is 73.5. The molecule has 15 nitrogen and oxygen atoms in total. The maximum Gasteiger partial charge on any atom is 0.238 e. The van der Waals surface area contributed by atoms with Crippen molar-refractivity contribution in [1.82, 2.24) is 53.6 Å².